The molecule has 1 aromatic carbocycles. The summed E-state index contributed by atoms with van der Waals surface area (Å²) in [4.78, 5) is 0. The highest BCUT2D eigenvalue weighted by molar-refractivity contribution is 5.25. The van der Waals surface area contributed by atoms with Crippen LogP contribution in [0.4, 0.5) is 8.78 Å². The molecule has 1 aliphatic carbocycles. The van der Waals surface area contributed by atoms with E-state index in [0.29, 0.717) is 12.0 Å². The zero-order valence-corrected chi connectivity index (χ0v) is 7.71. The minimum atomic E-state index is -0.832. The van der Waals surface area contributed by atoms with Crippen molar-refractivity contribution in [2.24, 2.45) is 0 Å². The van der Waals surface area contributed by atoms with Crippen LogP contribution in [0, 0.1) is 11.6 Å². The Hall–Kier alpha value is -0.960. The molecule has 1 N–H and O–H groups in total. The van der Waals surface area contributed by atoms with Crippen molar-refractivity contribution >= 4 is 0 Å². The molecule has 0 heterocycles. The number of benzene rings is 1. The van der Waals surface area contributed by atoms with Crippen LogP contribution in [0.15, 0.2) is 18.2 Å². The molecule has 1 fully saturated rings. The Labute approximate surface area is 81.4 Å². The molecule has 0 spiro atoms. The van der Waals surface area contributed by atoms with Gasteiger partial charge in [-0.15, -0.1) is 0 Å². The van der Waals surface area contributed by atoms with Crippen LogP contribution in [0.3, 0.4) is 0 Å². The van der Waals surface area contributed by atoms with Crippen LogP contribution >= 0.6 is 0 Å². The van der Waals surface area contributed by atoms with Gasteiger partial charge in [0.15, 0.2) is 11.6 Å². The van der Waals surface area contributed by atoms with E-state index in [2.05, 4.69) is 0 Å². The molecule has 0 saturated heterocycles. The Morgan fingerprint density at radius 3 is 2.64 bits per heavy atom. The van der Waals surface area contributed by atoms with Gasteiger partial charge < -0.3 is 5.11 Å². The van der Waals surface area contributed by atoms with Crippen molar-refractivity contribution in [3.8, 4) is 0 Å². The van der Waals surface area contributed by atoms with Gasteiger partial charge in [0.2, 0.25) is 0 Å². The van der Waals surface area contributed by atoms with E-state index in [-0.39, 0.29) is 5.92 Å². The minimum Gasteiger partial charge on any atom is -0.392 e. The van der Waals surface area contributed by atoms with Gasteiger partial charge in [0.1, 0.15) is 0 Å². The molecule has 2 unspecified atom stereocenters. The van der Waals surface area contributed by atoms with Crippen LogP contribution in [0.2, 0.25) is 0 Å². The number of hydrogen-bond acceptors (Lipinski definition) is 1. The average Bonchev–Trinajstić information content (AvgIpc) is 2.57. The van der Waals surface area contributed by atoms with Crippen LogP contribution in [0.1, 0.15) is 30.7 Å². The molecule has 0 amide bonds. The summed E-state index contributed by atoms with van der Waals surface area (Å²) in [6.07, 6.45) is 1.77. The van der Waals surface area contributed by atoms with E-state index >= 15 is 0 Å². The molecule has 3 heteroatoms. The molecule has 14 heavy (non-hydrogen) atoms. The highest BCUT2D eigenvalue weighted by atomic mass is 19.2. The lowest BCUT2D eigenvalue weighted by molar-refractivity contribution is 0.162. The molecule has 0 aliphatic heterocycles. The summed E-state index contributed by atoms with van der Waals surface area (Å²) in [5.74, 6) is -1.87. The van der Waals surface area contributed by atoms with E-state index in [1.54, 1.807) is 6.07 Å². The maximum Gasteiger partial charge on any atom is 0.162 e. The Balaban J connectivity index is 2.36. The standard InChI is InChI=1S/C11H12F2O/c12-9-5-1-4-8(11(9)13)7-3-2-6-10(7)14/h1,4-5,7,10,14H,2-3,6H2. The Morgan fingerprint density at radius 1 is 1.21 bits per heavy atom. The Morgan fingerprint density at radius 2 is 2.00 bits per heavy atom. The van der Waals surface area contributed by atoms with E-state index in [1.165, 1.54) is 6.07 Å². The second kappa shape index (κ2) is 3.65. The summed E-state index contributed by atoms with van der Waals surface area (Å²) in [5.41, 5.74) is 0.315. The van der Waals surface area contributed by atoms with Crippen LogP contribution in [-0.2, 0) is 0 Å². The quantitative estimate of drug-likeness (QED) is 0.735. The first-order valence-corrected chi connectivity index (χ1v) is 4.82. The maximum atomic E-state index is 13.3. The van der Waals surface area contributed by atoms with Crippen molar-refractivity contribution in [3.63, 3.8) is 0 Å². The fourth-order valence-electron chi connectivity index (χ4n) is 2.11. The Kier molecular flexibility index (Phi) is 2.50. The molecule has 0 radical (unpaired) electrons. The van der Waals surface area contributed by atoms with Crippen LogP contribution in [0.25, 0.3) is 0 Å². The number of aliphatic hydroxyl groups excluding tert-OH is 1. The number of halogens is 2. The monoisotopic (exact) mass is 198 g/mol. The predicted molar refractivity (Wildman–Crippen MR) is 49.0 cm³/mol. The molecule has 1 saturated carbocycles. The maximum absolute atomic E-state index is 13.3. The lowest BCUT2D eigenvalue weighted by Gasteiger charge is -2.15. The SMILES string of the molecule is OC1CCCC1c1cccc(F)c1F. The molecule has 76 valence electrons. The van der Waals surface area contributed by atoms with Gasteiger partial charge in [-0.2, -0.15) is 0 Å². The molecule has 0 bridgehead atoms. The minimum absolute atomic E-state index is 0.231. The summed E-state index contributed by atoms with van der Waals surface area (Å²) in [5, 5.41) is 9.57. The first-order chi connectivity index (χ1) is 6.70. The van der Waals surface area contributed by atoms with Crippen LogP contribution in [0.5, 0.6) is 0 Å². The van der Waals surface area contributed by atoms with E-state index < -0.39 is 17.7 Å². The third-order valence-electron chi connectivity index (χ3n) is 2.86. The normalized spacial score (nSPS) is 26.8. The lowest BCUT2D eigenvalue weighted by atomic mass is 9.95. The van der Waals surface area contributed by atoms with Crippen molar-refractivity contribution in [2.75, 3.05) is 0 Å². The second-order valence-corrected chi connectivity index (χ2v) is 3.75. The molecule has 2 rings (SSSR count). The number of hydrogen-bond donors (Lipinski definition) is 1. The van der Waals surface area contributed by atoms with E-state index in [0.717, 1.165) is 18.9 Å². The van der Waals surface area contributed by atoms with E-state index in [9.17, 15) is 13.9 Å². The van der Waals surface area contributed by atoms with Crippen molar-refractivity contribution in [1.29, 1.82) is 0 Å². The van der Waals surface area contributed by atoms with Gasteiger partial charge in [-0.3, -0.25) is 0 Å². The third-order valence-corrected chi connectivity index (χ3v) is 2.86. The summed E-state index contributed by atoms with van der Waals surface area (Å²) in [7, 11) is 0. The van der Waals surface area contributed by atoms with E-state index in [4.69, 9.17) is 0 Å². The summed E-state index contributed by atoms with van der Waals surface area (Å²) in [6, 6.07) is 4.14. The molecule has 0 aromatic heterocycles. The van der Waals surface area contributed by atoms with Gasteiger partial charge in [-0.25, -0.2) is 8.78 Å². The first kappa shape index (κ1) is 9.59. The van der Waals surface area contributed by atoms with Crippen molar-refractivity contribution in [1.82, 2.24) is 0 Å². The van der Waals surface area contributed by atoms with Gasteiger partial charge in [0.05, 0.1) is 6.10 Å². The van der Waals surface area contributed by atoms with E-state index in [1.807, 2.05) is 0 Å². The second-order valence-electron chi connectivity index (χ2n) is 3.75. The lowest BCUT2D eigenvalue weighted by Crippen LogP contribution is -2.13. The molecule has 1 aromatic rings. The van der Waals surface area contributed by atoms with Gasteiger partial charge >= 0.3 is 0 Å². The predicted octanol–water partition coefficient (Wildman–Crippen LogP) is 2.59. The van der Waals surface area contributed by atoms with Crippen molar-refractivity contribution in [3.05, 3.63) is 35.4 Å². The first-order valence-electron chi connectivity index (χ1n) is 4.82. The highest BCUT2D eigenvalue weighted by Gasteiger charge is 2.29. The highest BCUT2D eigenvalue weighted by Crippen LogP contribution is 2.36. The fraction of sp³-hybridized carbons (Fsp3) is 0.455. The largest absolute Gasteiger partial charge is 0.392 e. The zero-order chi connectivity index (χ0) is 10.1. The van der Waals surface area contributed by atoms with Crippen molar-refractivity contribution < 1.29 is 13.9 Å². The summed E-state index contributed by atoms with van der Waals surface area (Å²) in [6.45, 7) is 0. The summed E-state index contributed by atoms with van der Waals surface area (Å²) >= 11 is 0. The van der Waals surface area contributed by atoms with Crippen molar-refractivity contribution in [2.45, 2.75) is 31.3 Å². The fourth-order valence-corrected chi connectivity index (χ4v) is 2.11. The molecule has 2 atom stereocenters. The van der Waals surface area contributed by atoms with Crippen LogP contribution < -0.4 is 0 Å². The molecular formula is C11H12F2O. The van der Waals surface area contributed by atoms with Gasteiger partial charge in [0.25, 0.3) is 0 Å². The summed E-state index contributed by atoms with van der Waals surface area (Å²) < 4.78 is 26.2. The van der Waals surface area contributed by atoms with Gasteiger partial charge in [-0.1, -0.05) is 18.6 Å². The molecule has 1 nitrogen and oxygen atoms in total. The van der Waals surface area contributed by atoms with Crippen LogP contribution in [-0.4, -0.2) is 11.2 Å². The smallest absolute Gasteiger partial charge is 0.162 e. The van der Waals surface area contributed by atoms with Gasteiger partial charge in [-0.05, 0) is 24.5 Å². The average molecular weight is 198 g/mol. The Bertz CT molecular complexity index is 338. The topological polar surface area (TPSA) is 20.2 Å². The zero-order valence-electron chi connectivity index (χ0n) is 7.71. The number of aliphatic hydroxyl groups is 1. The molecule has 1 aliphatic rings. The van der Waals surface area contributed by atoms with Gasteiger partial charge in [0, 0.05) is 5.92 Å². The number of rotatable bonds is 1. The third kappa shape index (κ3) is 1.52. The molecular weight excluding hydrogens is 186 g/mol.